The van der Waals surface area contributed by atoms with E-state index in [-0.39, 0.29) is 29.6 Å². The number of nitrogens with zero attached hydrogens (tertiary/aromatic N) is 1. The number of hydrogen-bond donors (Lipinski definition) is 1. The van der Waals surface area contributed by atoms with Crippen LogP contribution >= 0.6 is 11.6 Å². The fraction of sp³-hybridized carbons (Fsp3) is 0.462. The maximum atomic E-state index is 12.6. The molecule has 7 nitrogen and oxygen atoms in total. The number of nitrogens with one attached hydrogen (secondary N) is 1. The summed E-state index contributed by atoms with van der Waals surface area (Å²) in [5.74, 6) is 0. The molecule has 22 heavy (non-hydrogen) atoms. The Hall–Kier alpha value is -1.35. The van der Waals surface area contributed by atoms with Gasteiger partial charge in [0.25, 0.3) is 0 Å². The van der Waals surface area contributed by atoms with Crippen LogP contribution in [0, 0.1) is 0 Å². The lowest BCUT2D eigenvalue weighted by molar-refractivity contribution is 0.0730. The van der Waals surface area contributed by atoms with Crippen LogP contribution < -0.4 is 5.32 Å². The van der Waals surface area contributed by atoms with Crippen molar-refractivity contribution >= 4 is 33.4 Å². The smallest absolute Gasteiger partial charge is 0.411 e. The quantitative estimate of drug-likeness (QED) is 0.898. The van der Waals surface area contributed by atoms with Gasteiger partial charge in [0.15, 0.2) is 0 Å². The lowest BCUT2D eigenvalue weighted by Crippen LogP contribution is -2.40. The molecule has 1 saturated heterocycles. The molecule has 0 unspecified atom stereocenters. The zero-order valence-electron chi connectivity index (χ0n) is 12.0. The van der Waals surface area contributed by atoms with E-state index in [4.69, 9.17) is 21.1 Å². The van der Waals surface area contributed by atoms with Crippen LogP contribution in [0.5, 0.6) is 0 Å². The van der Waals surface area contributed by atoms with Crippen molar-refractivity contribution in [3.05, 3.63) is 23.2 Å². The number of morpholine rings is 1. The molecular weight excluding hydrogens is 332 g/mol. The maximum absolute atomic E-state index is 12.6. The number of halogens is 1. The molecule has 9 heteroatoms. The number of anilines is 1. The molecule has 0 radical (unpaired) electrons. The van der Waals surface area contributed by atoms with Gasteiger partial charge in [-0.15, -0.1) is 0 Å². The molecule has 1 amide bonds. The van der Waals surface area contributed by atoms with E-state index in [0.29, 0.717) is 18.9 Å². The highest BCUT2D eigenvalue weighted by atomic mass is 35.5. The van der Waals surface area contributed by atoms with Crippen LogP contribution in [0.4, 0.5) is 10.5 Å². The summed E-state index contributed by atoms with van der Waals surface area (Å²) in [7, 11) is -3.73. The van der Waals surface area contributed by atoms with Gasteiger partial charge in [0, 0.05) is 18.8 Å². The van der Waals surface area contributed by atoms with Crippen LogP contribution in [0.15, 0.2) is 23.1 Å². The summed E-state index contributed by atoms with van der Waals surface area (Å²) in [6.45, 7) is 3.13. The van der Waals surface area contributed by atoms with E-state index >= 15 is 0 Å². The largest absolute Gasteiger partial charge is 0.450 e. The standard InChI is InChI=1S/C13H17ClN2O5S/c1-2-21-13(17)15-10-3-4-11(14)12(9-10)22(18,19)16-5-7-20-8-6-16/h3-4,9H,2,5-8H2,1H3,(H,15,17). The van der Waals surface area contributed by atoms with Crippen LogP contribution in [-0.4, -0.2) is 51.7 Å². The van der Waals surface area contributed by atoms with Gasteiger partial charge in [-0.2, -0.15) is 4.31 Å². The van der Waals surface area contributed by atoms with E-state index in [0.717, 1.165) is 0 Å². The summed E-state index contributed by atoms with van der Waals surface area (Å²) >= 11 is 6.02. The molecule has 0 saturated carbocycles. The van der Waals surface area contributed by atoms with Crippen molar-refractivity contribution in [2.75, 3.05) is 38.2 Å². The Bertz CT molecular complexity index is 644. The first-order valence-corrected chi connectivity index (χ1v) is 8.58. The highest BCUT2D eigenvalue weighted by Gasteiger charge is 2.28. The van der Waals surface area contributed by atoms with Crippen molar-refractivity contribution in [2.45, 2.75) is 11.8 Å². The third-order valence-corrected chi connectivity index (χ3v) is 5.42. The second-order valence-corrected chi connectivity index (χ2v) is 6.82. The lowest BCUT2D eigenvalue weighted by atomic mass is 10.3. The third kappa shape index (κ3) is 3.89. The van der Waals surface area contributed by atoms with Crippen LogP contribution in [0.2, 0.25) is 5.02 Å². The topological polar surface area (TPSA) is 84.9 Å². The average molecular weight is 349 g/mol. The highest BCUT2D eigenvalue weighted by Crippen LogP contribution is 2.28. The number of rotatable bonds is 4. The molecule has 122 valence electrons. The molecule has 0 bridgehead atoms. The van der Waals surface area contributed by atoms with E-state index in [1.54, 1.807) is 6.92 Å². The minimum Gasteiger partial charge on any atom is -0.450 e. The molecule has 2 rings (SSSR count). The Kier molecular flexibility index (Phi) is 5.63. The number of carbonyl (C=O) groups is 1. The van der Waals surface area contributed by atoms with Crippen LogP contribution in [0.25, 0.3) is 0 Å². The second-order valence-electron chi connectivity index (χ2n) is 4.51. The molecule has 1 fully saturated rings. The number of ether oxygens (including phenoxy) is 2. The van der Waals surface area contributed by atoms with Gasteiger partial charge in [-0.05, 0) is 25.1 Å². The van der Waals surface area contributed by atoms with E-state index in [9.17, 15) is 13.2 Å². The minimum atomic E-state index is -3.73. The van der Waals surface area contributed by atoms with Gasteiger partial charge < -0.3 is 9.47 Å². The molecule has 1 heterocycles. The van der Waals surface area contributed by atoms with Crippen molar-refractivity contribution in [2.24, 2.45) is 0 Å². The fourth-order valence-corrected chi connectivity index (χ4v) is 3.90. The number of amides is 1. The van der Waals surface area contributed by atoms with Gasteiger partial charge in [-0.3, -0.25) is 5.32 Å². The normalized spacial score (nSPS) is 16.3. The highest BCUT2D eigenvalue weighted by molar-refractivity contribution is 7.89. The summed E-state index contributed by atoms with van der Waals surface area (Å²) in [6.07, 6.45) is -0.653. The Balaban J connectivity index is 2.27. The fourth-order valence-electron chi connectivity index (χ4n) is 1.99. The molecule has 0 spiro atoms. The van der Waals surface area contributed by atoms with Crippen LogP contribution in [0.3, 0.4) is 0 Å². The summed E-state index contributed by atoms with van der Waals surface area (Å²) in [6, 6.07) is 4.26. The molecule has 1 aromatic carbocycles. The second kappa shape index (κ2) is 7.28. The van der Waals surface area contributed by atoms with E-state index in [1.807, 2.05) is 0 Å². The first-order chi connectivity index (χ1) is 10.4. The molecule has 1 aliphatic rings. The average Bonchev–Trinajstić information content (AvgIpc) is 2.50. The molecule has 1 aliphatic heterocycles. The summed E-state index contributed by atoms with van der Waals surface area (Å²) in [5, 5.41) is 2.56. The molecule has 1 aromatic rings. The number of benzene rings is 1. The van der Waals surface area contributed by atoms with Crippen molar-refractivity contribution in [1.29, 1.82) is 0 Å². The molecular formula is C13H17ClN2O5S. The van der Waals surface area contributed by atoms with Gasteiger partial charge in [0.1, 0.15) is 4.90 Å². The number of carbonyl (C=O) groups excluding carboxylic acids is 1. The van der Waals surface area contributed by atoms with Crippen LogP contribution in [0.1, 0.15) is 6.92 Å². The lowest BCUT2D eigenvalue weighted by Gasteiger charge is -2.26. The monoisotopic (exact) mass is 348 g/mol. The van der Waals surface area contributed by atoms with Crippen molar-refractivity contribution < 1.29 is 22.7 Å². The van der Waals surface area contributed by atoms with Gasteiger partial charge >= 0.3 is 6.09 Å². The number of sulfonamides is 1. The third-order valence-electron chi connectivity index (χ3n) is 3.04. The Morgan fingerprint density at radius 2 is 2.09 bits per heavy atom. The van der Waals surface area contributed by atoms with Crippen LogP contribution in [-0.2, 0) is 19.5 Å². The molecule has 1 N–H and O–H groups in total. The Labute approximate surface area is 134 Å². The minimum absolute atomic E-state index is 0.0506. The molecule has 0 aliphatic carbocycles. The Morgan fingerprint density at radius 3 is 2.73 bits per heavy atom. The van der Waals surface area contributed by atoms with Crippen molar-refractivity contribution in [3.8, 4) is 0 Å². The van der Waals surface area contributed by atoms with E-state index in [2.05, 4.69) is 5.32 Å². The number of hydrogen-bond acceptors (Lipinski definition) is 5. The van der Waals surface area contributed by atoms with Crippen molar-refractivity contribution in [3.63, 3.8) is 0 Å². The van der Waals surface area contributed by atoms with Gasteiger partial charge in [0.2, 0.25) is 10.0 Å². The first-order valence-electron chi connectivity index (χ1n) is 6.76. The Morgan fingerprint density at radius 1 is 1.41 bits per heavy atom. The predicted octanol–water partition coefficient (Wildman–Crippen LogP) is 1.93. The summed E-state index contributed by atoms with van der Waals surface area (Å²) in [5.41, 5.74) is 0.301. The van der Waals surface area contributed by atoms with E-state index in [1.165, 1.54) is 22.5 Å². The SMILES string of the molecule is CCOC(=O)Nc1ccc(Cl)c(S(=O)(=O)N2CCOCC2)c1. The van der Waals surface area contributed by atoms with Gasteiger partial charge in [-0.25, -0.2) is 13.2 Å². The maximum Gasteiger partial charge on any atom is 0.411 e. The summed E-state index contributed by atoms with van der Waals surface area (Å²) in [4.78, 5) is 11.4. The first kappa shape index (κ1) is 17.0. The zero-order chi connectivity index (χ0) is 16.2. The molecule has 0 aromatic heterocycles. The van der Waals surface area contributed by atoms with Gasteiger partial charge in [0.05, 0.1) is 24.8 Å². The van der Waals surface area contributed by atoms with E-state index < -0.39 is 16.1 Å². The summed E-state index contributed by atoms with van der Waals surface area (Å²) < 4.78 is 36.4. The van der Waals surface area contributed by atoms with Gasteiger partial charge in [-0.1, -0.05) is 11.6 Å². The predicted molar refractivity (Wildman–Crippen MR) is 81.7 cm³/mol. The molecule has 0 atom stereocenters. The van der Waals surface area contributed by atoms with Crippen molar-refractivity contribution in [1.82, 2.24) is 4.31 Å². The zero-order valence-corrected chi connectivity index (χ0v) is 13.6.